The topological polar surface area (TPSA) is 90.8 Å². The Bertz CT molecular complexity index is 1790. The SMILES string of the molecule is FC(F)(F)C1CC(c2ccc(Cl)cc2)Nc2cc(-c3nc4c5cnn(-c6ccccc6)c5ncn4n3)nn21. The van der Waals surface area contributed by atoms with Gasteiger partial charge in [0.15, 0.2) is 17.3 Å². The maximum atomic E-state index is 14.1. The van der Waals surface area contributed by atoms with E-state index in [1.165, 1.54) is 16.9 Å². The molecule has 0 aliphatic carbocycles. The third-order valence-electron chi connectivity index (χ3n) is 6.60. The Morgan fingerprint density at radius 3 is 2.53 bits per heavy atom. The van der Waals surface area contributed by atoms with Crippen LogP contribution in [0.5, 0.6) is 0 Å². The highest BCUT2D eigenvalue weighted by atomic mass is 35.5. The van der Waals surface area contributed by atoms with Crippen molar-refractivity contribution in [1.29, 1.82) is 0 Å². The first-order valence-electron chi connectivity index (χ1n) is 11.7. The summed E-state index contributed by atoms with van der Waals surface area (Å²) in [6.07, 6.45) is -1.59. The quantitative estimate of drug-likeness (QED) is 0.315. The third-order valence-corrected chi connectivity index (χ3v) is 6.85. The van der Waals surface area contributed by atoms with Gasteiger partial charge >= 0.3 is 6.18 Å². The van der Waals surface area contributed by atoms with Crippen LogP contribution in [0, 0.1) is 0 Å². The van der Waals surface area contributed by atoms with Crippen LogP contribution in [0.25, 0.3) is 33.9 Å². The molecule has 1 aliphatic rings. The molecule has 2 unspecified atom stereocenters. The highest BCUT2D eigenvalue weighted by Gasteiger charge is 2.46. The van der Waals surface area contributed by atoms with Gasteiger partial charge < -0.3 is 5.32 Å². The maximum absolute atomic E-state index is 14.1. The largest absolute Gasteiger partial charge is 0.410 e. The van der Waals surface area contributed by atoms with Crippen LogP contribution < -0.4 is 5.32 Å². The fourth-order valence-electron chi connectivity index (χ4n) is 4.78. The van der Waals surface area contributed by atoms with Crippen molar-refractivity contribution >= 4 is 34.1 Å². The summed E-state index contributed by atoms with van der Waals surface area (Å²) in [6, 6.07) is 15.4. The van der Waals surface area contributed by atoms with Gasteiger partial charge in [0.1, 0.15) is 17.8 Å². The summed E-state index contributed by atoms with van der Waals surface area (Å²) >= 11 is 5.97. The second-order valence-corrected chi connectivity index (χ2v) is 9.41. The molecule has 1 N–H and O–H groups in total. The van der Waals surface area contributed by atoms with E-state index in [1.807, 2.05) is 30.3 Å². The lowest BCUT2D eigenvalue weighted by Crippen LogP contribution is -2.35. The van der Waals surface area contributed by atoms with Crippen molar-refractivity contribution in [3.8, 4) is 17.2 Å². The Morgan fingerprint density at radius 1 is 0.974 bits per heavy atom. The van der Waals surface area contributed by atoms with Gasteiger partial charge in [0, 0.05) is 17.5 Å². The smallest absolute Gasteiger partial charge is 0.363 e. The lowest BCUT2D eigenvalue weighted by Gasteiger charge is -2.33. The summed E-state index contributed by atoms with van der Waals surface area (Å²) in [6.45, 7) is 0. The van der Waals surface area contributed by atoms with Crippen LogP contribution in [0.15, 0.2) is 73.2 Å². The number of hydrogen-bond acceptors (Lipinski definition) is 6. The molecule has 0 spiro atoms. The van der Waals surface area contributed by atoms with Crippen LogP contribution in [-0.2, 0) is 0 Å². The van der Waals surface area contributed by atoms with Crippen molar-refractivity contribution in [2.75, 3.05) is 5.32 Å². The van der Waals surface area contributed by atoms with E-state index in [1.54, 1.807) is 35.1 Å². The molecule has 0 fully saturated rings. The second kappa shape index (κ2) is 8.28. The molecule has 38 heavy (non-hydrogen) atoms. The van der Waals surface area contributed by atoms with E-state index in [4.69, 9.17) is 11.6 Å². The Balaban J connectivity index is 1.30. The number of fused-ring (bicyclic) bond motifs is 4. The zero-order valence-corrected chi connectivity index (χ0v) is 20.1. The zero-order chi connectivity index (χ0) is 26.0. The first kappa shape index (κ1) is 22.7. The van der Waals surface area contributed by atoms with Gasteiger partial charge in [-0.15, -0.1) is 5.10 Å². The first-order valence-corrected chi connectivity index (χ1v) is 12.1. The minimum atomic E-state index is -4.50. The lowest BCUT2D eigenvalue weighted by atomic mass is 9.97. The summed E-state index contributed by atoms with van der Waals surface area (Å²) < 4.78 is 46.4. The fourth-order valence-corrected chi connectivity index (χ4v) is 4.91. The monoisotopic (exact) mass is 535 g/mol. The van der Waals surface area contributed by atoms with Gasteiger partial charge in [-0.1, -0.05) is 41.9 Å². The normalized spacial score (nSPS) is 17.6. The van der Waals surface area contributed by atoms with Crippen molar-refractivity contribution in [3.63, 3.8) is 0 Å². The molecule has 190 valence electrons. The van der Waals surface area contributed by atoms with Crippen molar-refractivity contribution < 1.29 is 13.2 Å². The van der Waals surface area contributed by atoms with Gasteiger partial charge in [-0.3, -0.25) is 0 Å². The molecule has 13 heteroatoms. The minimum Gasteiger partial charge on any atom is -0.363 e. The number of hydrogen-bond donors (Lipinski definition) is 1. The Labute approximate surface area is 217 Å². The van der Waals surface area contributed by atoms with Gasteiger partial charge in [0.2, 0.25) is 5.82 Å². The van der Waals surface area contributed by atoms with Crippen LogP contribution in [0.1, 0.15) is 24.1 Å². The highest BCUT2D eigenvalue weighted by Crippen LogP contribution is 2.44. The molecule has 9 nitrogen and oxygen atoms in total. The zero-order valence-electron chi connectivity index (χ0n) is 19.4. The van der Waals surface area contributed by atoms with Crippen LogP contribution in [0.3, 0.4) is 0 Å². The van der Waals surface area contributed by atoms with Crippen LogP contribution in [0.4, 0.5) is 19.0 Å². The van der Waals surface area contributed by atoms with Crippen LogP contribution >= 0.6 is 11.6 Å². The number of para-hydroxylation sites is 1. The van der Waals surface area contributed by atoms with Crippen molar-refractivity contribution in [2.24, 2.45) is 0 Å². The predicted molar refractivity (Wildman–Crippen MR) is 134 cm³/mol. The van der Waals surface area contributed by atoms with Gasteiger partial charge in [-0.25, -0.2) is 23.8 Å². The number of anilines is 1. The van der Waals surface area contributed by atoms with Crippen molar-refractivity contribution in [2.45, 2.75) is 24.7 Å². The second-order valence-electron chi connectivity index (χ2n) is 8.98. The number of nitrogens with zero attached hydrogens (tertiary/aromatic N) is 8. The summed E-state index contributed by atoms with van der Waals surface area (Å²) in [5.41, 5.74) is 2.80. The van der Waals surface area contributed by atoms with Crippen molar-refractivity contribution in [1.82, 2.24) is 39.1 Å². The molecule has 2 atom stereocenters. The van der Waals surface area contributed by atoms with Gasteiger partial charge in [-0.05, 0) is 29.8 Å². The Hall–Kier alpha value is -4.45. The standard InChI is InChI=1S/C25H17ClF3N9/c26-15-8-6-14(7-9-15)18-10-20(25(27,28)29)38-21(32-18)11-19(34-38)22-33-24-17-12-31-37(16-4-2-1-3-5-16)23(17)30-13-36(24)35-22/h1-9,11-13,18,20,32H,10H2. The minimum absolute atomic E-state index is 0.180. The van der Waals surface area contributed by atoms with E-state index >= 15 is 0 Å². The Kier molecular flexibility index (Phi) is 4.95. The number of alkyl halides is 3. The molecule has 2 aromatic carbocycles. The van der Waals surface area contributed by atoms with E-state index in [0.717, 1.165) is 10.4 Å². The molecule has 4 aromatic heterocycles. The average molecular weight is 536 g/mol. The van der Waals surface area contributed by atoms with Crippen LogP contribution in [0.2, 0.25) is 5.02 Å². The molecule has 6 aromatic rings. The molecule has 5 heterocycles. The van der Waals surface area contributed by atoms with Gasteiger partial charge in [0.25, 0.3) is 0 Å². The molecule has 0 saturated carbocycles. The fraction of sp³-hybridized carbons (Fsp3) is 0.160. The molecule has 0 radical (unpaired) electrons. The van der Waals surface area contributed by atoms with E-state index in [2.05, 4.69) is 30.6 Å². The molecular weight excluding hydrogens is 519 g/mol. The maximum Gasteiger partial charge on any atom is 0.410 e. The van der Waals surface area contributed by atoms with E-state index in [9.17, 15) is 13.2 Å². The third kappa shape index (κ3) is 3.67. The molecule has 1 aliphatic heterocycles. The molecular formula is C25H17ClF3N9. The summed E-state index contributed by atoms with van der Waals surface area (Å²) in [7, 11) is 0. The van der Waals surface area contributed by atoms with E-state index < -0.39 is 18.3 Å². The molecule has 0 amide bonds. The van der Waals surface area contributed by atoms with Crippen molar-refractivity contribution in [3.05, 3.63) is 83.8 Å². The first-order chi connectivity index (χ1) is 18.3. The number of nitrogens with one attached hydrogen (secondary N) is 1. The highest BCUT2D eigenvalue weighted by molar-refractivity contribution is 6.30. The average Bonchev–Trinajstić information content (AvgIpc) is 3.64. The summed E-state index contributed by atoms with van der Waals surface area (Å²) in [5, 5.41) is 17.5. The van der Waals surface area contributed by atoms with Crippen LogP contribution in [-0.4, -0.2) is 45.3 Å². The number of rotatable bonds is 3. The summed E-state index contributed by atoms with van der Waals surface area (Å²) in [5.74, 6) is 0.409. The van der Waals surface area contributed by atoms with Gasteiger partial charge in [0.05, 0.1) is 23.3 Å². The summed E-state index contributed by atoms with van der Waals surface area (Å²) in [4.78, 5) is 9.07. The van der Waals surface area contributed by atoms with Gasteiger partial charge in [-0.2, -0.15) is 23.4 Å². The number of benzene rings is 2. The van der Waals surface area contributed by atoms with E-state index in [0.29, 0.717) is 27.3 Å². The van der Waals surface area contributed by atoms with E-state index in [-0.39, 0.29) is 23.8 Å². The lowest BCUT2D eigenvalue weighted by molar-refractivity contribution is -0.173. The molecule has 7 rings (SSSR count). The number of aromatic nitrogens is 8. The number of halogens is 4. The predicted octanol–water partition coefficient (Wildman–Crippen LogP) is 5.64. The Morgan fingerprint density at radius 2 is 1.76 bits per heavy atom. The molecule has 0 bridgehead atoms. The molecule has 0 saturated heterocycles.